The smallest absolute Gasteiger partial charge is 0.0818 e. The van der Waals surface area contributed by atoms with Gasteiger partial charge in [-0.3, -0.25) is 0 Å². The van der Waals surface area contributed by atoms with E-state index >= 15 is 0 Å². The first kappa shape index (κ1) is 12.6. The molecule has 2 atom stereocenters. The average molecular weight is 232 g/mol. The van der Waals surface area contributed by atoms with Crippen molar-refractivity contribution in [1.82, 2.24) is 0 Å². The minimum Gasteiger partial charge on any atom is -0.388 e. The minimum absolute atomic E-state index is 0.316. The molecule has 0 fully saturated rings. The lowest BCUT2D eigenvalue weighted by molar-refractivity contribution is 0.0920. The third kappa shape index (κ3) is 2.71. The van der Waals surface area contributed by atoms with E-state index in [-0.39, 0.29) is 6.10 Å². The van der Waals surface area contributed by atoms with Gasteiger partial charge < -0.3 is 5.11 Å². The van der Waals surface area contributed by atoms with Crippen LogP contribution >= 0.6 is 0 Å². The van der Waals surface area contributed by atoms with Crippen LogP contribution in [0.4, 0.5) is 0 Å². The topological polar surface area (TPSA) is 20.2 Å². The fraction of sp³-hybridized carbons (Fsp3) is 0.625. The molecule has 0 spiro atoms. The molecule has 2 rings (SSSR count). The van der Waals surface area contributed by atoms with Crippen LogP contribution in [0.1, 0.15) is 56.4 Å². The molecule has 0 bridgehead atoms. The molecule has 1 N–H and O–H groups in total. The minimum atomic E-state index is -0.317. The molecule has 0 heterocycles. The van der Waals surface area contributed by atoms with Crippen LogP contribution in [0.25, 0.3) is 0 Å². The van der Waals surface area contributed by atoms with E-state index in [9.17, 15) is 5.11 Å². The van der Waals surface area contributed by atoms with Crippen molar-refractivity contribution in [2.45, 2.75) is 52.6 Å². The van der Waals surface area contributed by atoms with Crippen LogP contribution in [-0.2, 0) is 12.8 Å². The van der Waals surface area contributed by atoms with Crippen molar-refractivity contribution < 1.29 is 5.11 Å². The summed E-state index contributed by atoms with van der Waals surface area (Å²) in [6, 6.07) is 6.58. The maximum atomic E-state index is 10.4. The van der Waals surface area contributed by atoms with Gasteiger partial charge >= 0.3 is 0 Å². The second-order valence-corrected chi connectivity index (χ2v) is 5.78. The Morgan fingerprint density at radius 3 is 2.29 bits per heavy atom. The molecule has 0 aliphatic heterocycles. The van der Waals surface area contributed by atoms with E-state index in [1.807, 2.05) is 0 Å². The summed E-state index contributed by atoms with van der Waals surface area (Å²) >= 11 is 0. The summed E-state index contributed by atoms with van der Waals surface area (Å²) in [4.78, 5) is 0. The number of aliphatic hydroxyl groups excluding tert-OH is 1. The molecule has 1 aliphatic carbocycles. The molecule has 0 amide bonds. The number of hydrogen-bond acceptors (Lipinski definition) is 1. The number of hydrogen-bond donors (Lipinski definition) is 1. The van der Waals surface area contributed by atoms with Crippen molar-refractivity contribution in [3.8, 4) is 0 Å². The number of rotatable bonds is 3. The predicted octanol–water partition coefficient (Wildman–Crippen LogP) is 3.89. The van der Waals surface area contributed by atoms with Gasteiger partial charge in [0.2, 0.25) is 0 Å². The zero-order valence-electron chi connectivity index (χ0n) is 11.2. The van der Waals surface area contributed by atoms with Crippen LogP contribution in [-0.4, -0.2) is 5.11 Å². The molecule has 0 saturated heterocycles. The van der Waals surface area contributed by atoms with Gasteiger partial charge in [-0.2, -0.15) is 0 Å². The molecular formula is C16H24O. The summed E-state index contributed by atoms with van der Waals surface area (Å²) in [6.45, 7) is 6.48. The van der Waals surface area contributed by atoms with Gasteiger partial charge in [-0.05, 0) is 54.2 Å². The van der Waals surface area contributed by atoms with Gasteiger partial charge in [0, 0.05) is 0 Å². The number of aryl methyl sites for hydroxylation is 2. The molecule has 94 valence electrons. The summed E-state index contributed by atoms with van der Waals surface area (Å²) in [5.41, 5.74) is 4.06. The third-order valence-electron chi connectivity index (χ3n) is 4.26. The molecule has 1 heteroatoms. The highest BCUT2D eigenvalue weighted by Gasteiger charge is 2.20. The first-order chi connectivity index (χ1) is 8.09. The van der Waals surface area contributed by atoms with E-state index in [2.05, 4.69) is 39.0 Å². The van der Waals surface area contributed by atoms with Crippen LogP contribution in [0.5, 0.6) is 0 Å². The van der Waals surface area contributed by atoms with Gasteiger partial charge in [0.05, 0.1) is 6.10 Å². The second-order valence-electron chi connectivity index (χ2n) is 5.78. The molecule has 0 aromatic heterocycles. The summed E-state index contributed by atoms with van der Waals surface area (Å²) < 4.78 is 0. The number of fused-ring (bicyclic) bond motifs is 1. The van der Waals surface area contributed by atoms with E-state index < -0.39 is 0 Å². The summed E-state index contributed by atoms with van der Waals surface area (Å²) in [7, 11) is 0. The van der Waals surface area contributed by atoms with Crippen molar-refractivity contribution in [2.75, 3.05) is 0 Å². The van der Waals surface area contributed by atoms with Crippen molar-refractivity contribution in [2.24, 2.45) is 11.8 Å². The Bertz CT molecular complexity index is 381. The standard InChI is InChI=1S/C16H24O/c1-11(2)12(3)16(17)15-9-8-13-6-4-5-7-14(13)10-15/h8-12,16-17H,4-7H2,1-3H3. The first-order valence-corrected chi connectivity index (χ1v) is 6.89. The van der Waals surface area contributed by atoms with E-state index in [0.717, 1.165) is 5.56 Å². The van der Waals surface area contributed by atoms with Crippen LogP contribution in [0.15, 0.2) is 18.2 Å². The highest BCUT2D eigenvalue weighted by atomic mass is 16.3. The molecule has 0 saturated carbocycles. The van der Waals surface area contributed by atoms with Gasteiger partial charge in [-0.1, -0.05) is 39.0 Å². The Morgan fingerprint density at radius 1 is 1.00 bits per heavy atom. The van der Waals surface area contributed by atoms with Gasteiger partial charge in [0.25, 0.3) is 0 Å². The summed E-state index contributed by atoms with van der Waals surface area (Å²) in [6.07, 6.45) is 4.70. The molecule has 17 heavy (non-hydrogen) atoms. The van der Waals surface area contributed by atoms with Crippen molar-refractivity contribution >= 4 is 0 Å². The normalized spacial score (nSPS) is 18.9. The molecule has 1 nitrogen and oxygen atoms in total. The fourth-order valence-electron chi connectivity index (χ4n) is 2.61. The zero-order valence-corrected chi connectivity index (χ0v) is 11.2. The molecular weight excluding hydrogens is 208 g/mol. The van der Waals surface area contributed by atoms with E-state index in [4.69, 9.17) is 0 Å². The van der Waals surface area contributed by atoms with E-state index in [0.29, 0.717) is 11.8 Å². The fourth-order valence-corrected chi connectivity index (χ4v) is 2.61. The quantitative estimate of drug-likeness (QED) is 0.838. The average Bonchev–Trinajstić information content (AvgIpc) is 2.36. The van der Waals surface area contributed by atoms with Crippen molar-refractivity contribution in [1.29, 1.82) is 0 Å². The Hall–Kier alpha value is -0.820. The Morgan fingerprint density at radius 2 is 1.65 bits per heavy atom. The van der Waals surface area contributed by atoms with Crippen LogP contribution < -0.4 is 0 Å². The summed E-state index contributed by atoms with van der Waals surface area (Å²) in [5.74, 6) is 0.831. The molecule has 1 aliphatic rings. The lowest BCUT2D eigenvalue weighted by Crippen LogP contribution is -2.15. The van der Waals surface area contributed by atoms with Gasteiger partial charge in [-0.25, -0.2) is 0 Å². The highest BCUT2D eigenvalue weighted by Crippen LogP contribution is 2.30. The molecule has 0 radical (unpaired) electrons. The van der Waals surface area contributed by atoms with Crippen molar-refractivity contribution in [3.05, 3.63) is 34.9 Å². The largest absolute Gasteiger partial charge is 0.388 e. The Balaban J connectivity index is 2.21. The van der Waals surface area contributed by atoms with Crippen LogP contribution in [0, 0.1) is 11.8 Å². The second kappa shape index (κ2) is 5.22. The van der Waals surface area contributed by atoms with Gasteiger partial charge in [0.1, 0.15) is 0 Å². The molecule has 1 aromatic carbocycles. The van der Waals surface area contributed by atoms with Gasteiger partial charge in [0.15, 0.2) is 0 Å². The highest BCUT2D eigenvalue weighted by molar-refractivity contribution is 5.34. The Kier molecular flexibility index (Phi) is 3.88. The molecule has 1 aromatic rings. The van der Waals surface area contributed by atoms with Crippen LogP contribution in [0.2, 0.25) is 0 Å². The lowest BCUT2D eigenvalue weighted by Gasteiger charge is -2.24. The van der Waals surface area contributed by atoms with Crippen LogP contribution in [0.3, 0.4) is 0 Å². The predicted molar refractivity (Wildman–Crippen MR) is 72.0 cm³/mol. The summed E-state index contributed by atoms with van der Waals surface area (Å²) in [5, 5.41) is 10.4. The SMILES string of the molecule is CC(C)C(C)C(O)c1ccc2c(c1)CCCC2. The first-order valence-electron chi connectivity index (χ1n) is 6.89. The maximum absolute atomic E-state index is 10.4. The monoisotopic (exact) mass is 232 g/mol. The van der Waals surface area contributed by atoms with E-state index in [1.165, 1.54) is 36.8 Å². The van der Waals surface area contributed by atoms with Crippen molar-refractivity contribution in [3.63, 3.8) is 0 Å². The maximum Gasteiger partial charge on any atom is 0.0818 e. The lowest BCUT2D eigenvalue weighted by atomic mass is 9.84. The van der Waals surface area contributed by atoms with E-state index in [1.54, 1.807) is 0 Å². The third-order valence-corrected chi connectivity index (χ3v) is 4.26. The Labute approximate surface area is 105 Å². The number of aliphatic hydroxyl groups is 1. The molecule has 2 unspecified atom stereocenters. The van der Waals surface area contributed by atoms with Gasteiger partial charge in [-0.15, -0.1) is 0 Å². The zero-order chi connectivity index (χ0) is 12.4. The number of benzene rings is 1.